The quantitative estimate of drug-likeness (QED) is 0.807. The van der Waals surface area contributed by atoms with Crippen LogP contribution in [0.3, 0.4) is 0 Å². The summed E-state index contributed by atoms with van der Waals surface area (Å²) in [6.45, 7) is 3.41. The monoisotopic (exact) mass is 258 g/mol. The van der Waals surface area contributed by atoms with Crippen LogP contribution >= 0.6 is 0 Å². The van der Waals surface area contributed by atoms with Crippen molar-refractivity contribution in [2.75, 3.05) is 20.1 Å². The van der Waals surface area contributed by atoms with Crippen molar-refractivity contribution in [3.05, 3.63) is 23.5 Å². The zero-order chi connectivity index (χ0) is 13.4. The van der Waals surface area contributed by atoms with Gasteiger partial charge in [0, 0.05) is 38.4 Å². The Morgan fingerprint density at radius 3 is 2.79 bits per heavy atom. The van der Waals surface area contributed by atoms with Crippen LogP contribution in [0.2, 0.25) is 0 Å². The first-order valence-corrected chi connectivity index (χ1v) is 7.17. The Balaban J connectivity index is 1.77. The number of hydrogen-bond acceptors (Lipinski definition) is 3. The second kappa shape index (κ2) is 4.99. The van der Waals surface area contributed by atoms with Gasteiger partial charge in [0.15, 0.2) is 0 Å². The Labute approximate surface area is 115 Å². The largest absolute Gasteiger partial charge is 0.342 e. The highest BCUT2D eigenvalue weighted by Crippen LogP contribution is 2.31. The maximum absolute atomic E-state index is 9.04. The summed E-state index contributed by atoms with van der Waals surface area (Å²) in [5, 5.41) is 9.04. The van der Waals surface area contributed by atoms with Gasteiger partial charge in [-0.2, -0.15) is 5.26 Å². The van der Waals surface area contributed by atoms with Crippen molar-refractivity contribution < 1.29 is 0 Å². The molecule has 0 radical (unpaired) electrons. The van der Waals surface area contributed by atoms with Gasteiger partial charge in [0.1, 0.15) is 11.8 Å². The number of fused-ring (bicyclic) bond motifs is 2. The number of nitrogens with zero attached hydrogens (tertiary/aromatic N) is 4. The lowest BCUT2D eigenvalue weighted by molar-refractivity contribution is 0.184. The van der Waals surface area contributed by atoms with Crippen LogP contribution in [0.5, 0.6) is 0 Å². The maximum Gasteiger partial charge on any atom is 0.120 e. The molecule has 2 aliphatic rings. The molecule has 0 saturated carbocycles. The van der Waals surface area contributed by atoms with E-state index < -0.39 is 0 Å². The van der Waals surface area contributed by atoms with Crippen LogP contribution in [0.15, 0.2) is 12.3 Å². The fraction of sp³-hybridized carbons (Fsp3) is 0.667. The average molecular weight is 258 g/mol. The molecule has 3 rings (SSSR count). The van der Waals surface area contributed by atoms with Crippen LogP contribution in [0.25, 0.3) is 0 Å². The predicted molar refractivity (Wildman–Crippen MR) is 74.6 cm³/mol. The first kappa shape index (κ1) is 12.7. The molecule has 0 N–H and O–H groups in total. The molecule has 2 bridgehead atoms. The highest BCUT2D eigenvalue weighted by molar-refractivity contribution is 5.28. The molecule has 2 saturated heterocycles. The third-order valence-electron chi connectivity index (χ3n) is 4.68. The highest BCUT2D eigenvalue weighted by Gasteiger charge is 2.36. The summed E-state index contributed by atoms with van der Waals surface area (Å²) < 4.78 is 1.93. The van der Waals surface area contributed by atoms with Crippen molar-refractivity contribution in [1.29, 1.82) is 5.26 Å². The normalized spacial score (nSPS) is 28.3. The van der Waals surface area contributed by atoms with Crippen molar-refractivity contribution in [1.82, 2.24) is 14.4 Å². The van der Waals surface area contributed by atoms with Crippen LogP contribution < -0.4 is 0 Å². The zero-order valence-corrected chi connectivity index (χ0v) is 11.8. The fourth-order valence-corrected chi connectivity index (χ4v) is 3.64. The number of aromatic nitrogens is 1. The Morgan fingerprint density at radius 2 is 2.05 bits per heavy atom. The number of rotatable bonds is 2. The smallest absolute Gasteiger partial charge is 0.120 e. The van der Waals surface area contributed by atoms with E-state index >= 15 is 0 Å². The summed E-state index contributed by atoms with van der Waals surface area (Å²) in [6, 6.07) is 5.72. The maximum atomic E-state index is 9.04. The van der Waals surface area contributed by atoms with Gasteiger partial charge in [-0.25, -0.2) is 0 Å². The molecule has 102 valence electrons. The molecular formula is C15H22N4. The molecule has 0 amide bonds. The van der Waals surface area contributed by atoms with E-state index in [1.54, 1.807) is 0 Å². The lowest BCUT2D eigenvalue weighted by Crippen LogP contribution is -2.37. The molecule has 2 aliphatic heterocycles. The molecule has 1 aromatic rings. The fourth-order valence-electron chi connectivity index (χ4n) is 3.64. The van der Waals surface area contributed by atoms with Crippen molar-refractivity contribution in [3.8, 4) is 6.07 Å². The van der Waals surface area contributed by atoms with Crippen LogP contribution in [0, 0.1) is 11.3 Å². The third-order valence-corrected chi connectivity index (χ3v) is 4.68. The van der Waals surface area contributed by atoms with Crippen LogP contribution in [0.4, 0.5) is 0 Å². The molecule has 19 heavy (non-hydrogen) atoms. The molecular weight excluding hydrogens is 236 g/mol. The van der Waals surface area contributed by atoms with Crippen LogP contribution in [-0.2, 0) is 13.6 Å². The summed E-state index contributed by atoms with van der Waals surface area (Å²) >= 11 is 0. The standard InChI is InChI=1S/C15H22N4/c1-17-6-5-13-3-4-14(11-17)19(13)10-12-7-15(8-16)18(2)9-12/h7,9,13-14H,3-6,10-11H2,1-2H3/t13-,14+/m1/s1. The van der Waals surface area contributed by atoms with Gasteiger partial charge in [-0.1, -0.05) is 0 Å². The Morgan fingerprint density at radius 1 is 1.26 bits per heavy atom. The molecule has 0 aliphatic carbocycles. The average Bonchev–Trinajstić information content (AvgIpc) is 2.86. The van der Waals surface area contributed by atoms with Crippen molar-refractivity contribution >= 4 is 0 Å². The highest BCUT2D eigenvalue weighted by atomic mass is 15.3. The van der Waals surface area contributed by atoms with Gasteiger partial charge in [0.25, 0.3) is 0 Å². The van der Waals surface area contributed by atoms with Crippen LogP contribution in [-0.4, -0.2) is 46.6 Å². The number of likely N-dealkylation sites (N-methyl/N-ethyl adjacent to an activating group) is 1. The summed E-state index contributed by atoms with van der Waals surface area (Å²) in [7, 11) is 4.18. The van der Waals surface area contributed by atoms with Crippen LogP contribution in [0.1, 0.15) is 30.5 Å². The second-order valence-electron chi connectivity index (χ2n) is 6.06. The molecule has 2 atom stereocenters. The van der Waals surface area contributed by atoms with Gasteiger partial charge in [-0.15, -0.1) is 0 Å². The van der Waals surface area contributed by atoms with E-state index in [2.05, 4.69) is 29.1 Å². The third kappa shape index (κ3) is 2.41. The number of nitriles is 1. The van der Waals surface area contributed by atoms with Gasteiger partial charge in [0.2, 0.25) is 0 Å². The lowest BCUT2D eigenvalue weighted by atomic mass is 10.1. The first-order valence-electron chi connectivity index (χ1n) is 7.17. The lowest BCUT2D eigenvalue weighted by Gasteiger charge is -2.27. The van der Waals surface area contributed by atoms with Gasteiger partial charge in [0.05, 0.1) is 0 Å². The zero-order valence-electron chi connectivity index (χ0n) is 11.8. The van der Waals surface area contributed by atoms with E-state index in [1.165, 1.54) is 37.9 Å². The molecule has 3 heterocycles. The van der Waals surface area contributed by atoms with E-state index in [4.69, 9.17) is 5.26 Å². The molecule has 0 aromatic carbocycles. The minimum Gasteiger partial charge on any atom is -0.342 e. The van der Waals surface area contributed by atoms with Crippen molar-refractivity contribution in [2.45, 2.75) is 37.9 Å². The summed E-state index contributed by atoms with van der Waals surface area (Å²) in [5.41, 5.74) is 2.04. The Kier molecular flexibility index (Phi) is 3.34. The molecule has 2 fully saturated rings. The summed E-state index contributed by atoms with van der Waals surface area (Å²) in [4.78, 5) is 5.13. The molecule has 4 heteroatoms. The first-order chi connectivity index (χ1) is 9.17. The van der Waals surface area contributed by atoms with E-state index in [0.29, 0.717) is 6.04 Å². The topological polar surface area (TPSA) is 35.2 Å². The molecule has 4 nitrogen and oxygen atoms in total. The van der Waals surface area contributed by atoms with E-state index in [0.717, 1.165) is 18.3 Å². The van der Waals surface area contributed by atoms with Crippen molar-refractivity contribution in [3.63, 3.8) is 0 Å². The Bertz CT molecular complexity index is 499. The van der Waals surface area contributed by atoms with E-state index in [1.807, 2.05) is 17.7 Å². The minimum absolute atomic E-state index is 0.697. The molecule has 0 spiro atoms. The second-order valence-corrected chi connectivity index (χ2v) is 6.06. The van der Waals surface area contributed by atoms with Gasteiger partial charge in [-0.05, 0) is 44.5 Å². The predicted octanol–water partition coefficient (Wildman–Crippen LogP) is 1.57. The van der Waals surface area contributed by atoms with E-state index in [-0.39, 0.29) is 0 Å². The number of aryl methyl sites for hydroxylation is 1. The van der Waals surface area contributed by atoms with E-state index in [9.17, 15) is 0 Å². The molecule has 0 unspecified atom stereocenters. The van der Waals surface area contributed by atoms with Crippen molar-refractivity contribution in [2.24, 2.45) is 7.05 Å². The molecule has 1 aromatic heterocycles. The minimum atomic E-state index is 0.697. The Hall–Kier alpha value is -1.31. The van der Waals surface area contributed by atoms with Gasteiger partial charge < -0.3 is 9.47 Å². The summed E-state index contributed by atoms with van der Waals surface area (Å²) in [5.74, 6) is 0. The van der Waals surface area contributed by atoms with Gasteiger partial charge >= 0.3 is 0 Å². The SMILES string of the molecule is CN1CC[C@H]2CC[C@@H](C1)N2Cc1cc(C#N)n(C)c1. The number of hydrogen-bond donors (Lipinski definition) is 0. The van der Waals surface area contributed by atoms with Gasteiger partial charge in [-0.3, -0.25) is 4.90 Å². The number of likely N-dealkylation sites (tertiary alicyclic amines) is 1. The summed E-state index contributed by atoms with van der Waals surface area (Å²) in [6.07, 6.45) is 6.06.